The van der Waals surface area contributed by atoms with Crippen molar-refractivity contribution in [3.05, 3.63) is 71.3 Å². The fraction of sp³-hybridized carbons (Fsp3) is 0.346. The number of nitrogens with zero attached hydrogens (tertiary/aromatic N) is 1. The van der Waals surface area contributed by atoms with Crippen molar-refractivity contribution in [1.82, 2.24) is 10.6 Å². The maximum atomic E-state index is 13.6. The molecule has 3 amide bonds. The van der Waals surface area contributed by atoms with Crippen LogP contribution < -0.4 is 33.6 Å². The molecule has 12 nitrogen and oxygen atoms in total. The van der Waals surface area contributed by atoms with Crippen molar-refractivity contribution in [2.24, 2.45) is 27.9 Å². The summed E-state index contributed by atoms with van der Waals surface area (Å²) in [4.78, 5) is 42.2. The van der Waals surface area contributed by atoms with E-state index in [2.05, 4.69) is 15.6 Å². The minimum atomic E-state index is -1.33. The summed E-state index contributed by atoms with van der Waals surface area (Å²) in [5.41, 5.74) is 22.4. The molecule has 3 atom stereocenters. The van der Waals surface area contributed by atoms with Gasteiger partial charge in [0.25, 0.3) is 0 Å². The first-order valence-electron chi connectivity index (χ1n) is 12.0. The van der Waals surface area contributed by atoms with Crippen LogP contribution in [0.4, 0.5) is 0 Å². The zero-order chi connectivity index (χ0) is 28.3. The Kier molecular flexibility index (Phi) is 10.8. The van der Waals surface area contributed by atoms with Gasteiger partial charge in [-0.1, -0.05) is 54.6 Å². The SMILES string of the molecule is C[C@@](Cc1ccc(C(=N)N)cc1)(C(=O)N[C@@H](CO)C(=O)NC(CCCN=C(N)N)C(N)=O)c1ccccc1. The van der Waals surface area contributed by atoms with E-state index >= 15 is 0 Å². The third-order valence-electron chi connectivity index (χ3n) is 6.14. The van der Waals surface area contributed by atoms with E-state index in [-0.39, 0.29) is 31.2 Å². The standard InChI is InChI=1S/C26H36N8O4/c1-26(18-6-3-2-4-7-18,14-16-9-11-17(12-10-16)21(27)28)24(38)34-20(15-35)23(37)33-19(22(29)36)8-5-13-32-25(30)31/h2-4,6-7,9-12,19-20,35H,5,8,13-15H2,1H3,(H3,27,28)(H2,29,36)(H,33,37)(H,34,38)(H4,30,31,32)/t19?,20-,26-/m0/s1. The molecule has 0 radical (unpaired) electrons. The van der Waals surface area contributed by atoms with Crippen molar-refractivity contribution >= 4 is 29.5 Å². The number of carbonyl (C=O) groups is 3. The summed E-state index contributed by atoms with van der Waals surface area (Å²) in [5, 5.41) is 22.6. The van der Waals surface area contributed by atoms with E-state index in [4.69, 9.17) is 28.3 Å². The van der Waals surface area contributed by atoms with Gasteiger partial charge in [0.2, 0.25) is 17.7 Å². The van der Waals surface area contributed by atoms with E-state index in [0.29, 0.717) is 17.5 Å². The summed E-state index contributed by atoms with van der Waals surface area (Å²) >= 11 is 0. The second-order valence-electron chi connectivity index (χ2n) is 9.11. The molecule has 1 unspecified atom stereocenters. The molecule has 2 rings (SSSR count). The highest BCUT2D eigenvalue weighted by atomic mass is 16.3. The van der Waals surface area contributed by atoms with Crippen LogP contribution in [0.5, 0.6) is 0 Å². The van der Waals surface area contributed by atoms with E-state index in [1.54, 1.807) is 55.5 Å². The molecule has 0 heterocycles. The molecule has 0 aliphatic heterocycles. The lowest BCUT2D eigenvalue weighted by molar-refractivity contribution is -0.134. The molecule has 38 heavy (non-hydrogen) atoms. The molecule has 0 aliphatic carbocycles. The number of carbonyl (C=O) groups excluding carboxylic acids is 3. The van der Waals surface area contributed by atoms with Crippen molar-refractivity contribution in [2.45, 2.75) is 43.7 Å². The van der Waals surface area contributed by atoms with Gasteiger partial charge in [0.1, 0.15) is 17.9 Å². The Bertz CT molecular complexity index is 1150. The number of primary amides is 1. The van der Waals surface area contributed by atoms with E-state index in [1.807, 2.05) is 6.07 Å². The smallest absolute Gasteiger partial charge is 0.245 e. The van der Waals surface area contributed by atoms with Crippen molar-refractivity contribution in [3.63, 3.8) is 0 Å². The number of nitrogen functional groups attached to an aromatic ring is 1. The third-order valence-corrected chi connectivity index (χ3v) is 6.14. The Morgan fingerprint density at radius 1 is 0.974 bits per heavy atom. The molecule has 2 aromatic carbocycles. The molecule has 12 heteroatoms. The van der Waals surface area contributed by atoms with Crippen molar-refractivity contribution in [1.29, 1.82) is 5.41 Å². The summed E-state index contributed by atoms with van der Waals surface area (Å²) in [6.45, 7) is 1.28. The minimum absolute atomic E-state index is 0.0672. The maximum absolute atomic E-state index is 13.6. The van der Waals surface area contributed by atoms with Crippen LogP contribution >= 0.6 is 0 Å². The van der Waals surface area contributed by atoms with Crippen LogP contribution in [0.15, 0.2) is 59.6 Å². The summed E-state index contributed by atoms with van der Waals surface area (Å²) in [5.74, 6) is -2.19. The number of amidine groups is 1. The average Bonchev–Trinajstić information content (AvgIpc) is 2.89. The van der Waals surface area contributed by atoms with Crippen LogP contribution in [0.3, 0.4) is 0 Å². The van der Waals surface area contributed by atoms with Gasteiger partial charge in [-0.05, 0) is 37.3 Å². The first-order chi connectivity index (χ1) is 18.0. The molecule has 12 N–H and O–H groups in total. The number of guanidine groups is 1. The van der Waals surface area contributed by atoms with Gasteiger partial charge in [-0.3, -0.25) is 24.8 Å². The van der Waals surface area contributed by atoms with E-state index in [9.17, 15) is 19.5 Å². The molecular formula is C26H36N8O4. The molecule has 0 saturated heterocycles. The molecule has 0 saturated carbocycles. The predicted octanol–water partition coefficient (Wildman–Crippen LogP) is -1.03. The van der Waals surface area contributed by atoms with E-state index in [0.717, 1.165) is 5.56 Å². The number of benzene rings is 2. The number of aliphatic hydroxyl groups excluding tert-OH is 1. The molecular weight excluding hydrogens is 488 g/mol. The normalized spacial score (nSPS) is 13.8. The quantitative estimate of drug-likeness (QED) is 0.0868. The van der Waals surface area contributed by atoms with Crippen LogP contribution in [-0.4, -0.2) is 59.9 Å². The molecule has 2 aromatic rings. The summed E-state index contributed by atoms with van der Waals surface area (Å²) in [7, 11) is 0. The second kappa shape index (κ2) is 13.7. The average molecular weight is 525 g/mol. The lowest BCUT2D eigenvalue weighted by Gasteiger charge is -2.31. The van der Waals surface area contributed by atoms with Crippen LogP contribution in [0.25, 0.3) is 0 Å². The number of aliphatic imine (C=N–C) groups is 1. The lowest BCUT2D eigenvalue weighted by atomic mass is 9.76. The van der Waals surface area contributed by atoms with Gasteiger partial charge < -0.3 is 38.7 Å². The van der Waals surface area contributed by atoms with Gasteiger partial charge in [-0.2, -0.15) is 0 Å². The van der Waals surface area contributed by atoms with Gasteiger partial charge in [0, 0.05) is 12.1 Å². The van der Waals surface area contributed by atoms with Crippen molar-refractivity contribution in [2.75, 3.05) is 13.2 Å². The zero-order valence-corrected chi connectivity index (χ0v) is 21.3. The van der Waals surface area contributed by atoms with Crippen LogP contribution in [-0.2, 0) is 26.2 Å². The molecule has 0 spiro atoms. The number of hydrogen-bond acceptors (Lipinski definition) is 6. The van der Waals surface area contributed by atoms with Crippen LogP contribution in [0.1, 0.15) is 36.5 Å². The summed E-state index contributed by atoms with van der Waals surface area (Å²) in [6.07, 6.45) is 0.799. The van der Waals surface area contributed by atoms with Gasteiger partial charge in [0.05, 0.1) is 12.0 Å². The van der Waals surface area contributed by atoms with Gasteiger partial charge in [-0.25, -0.2) is 0 Å². The van der Waals surface area contributed by atoms with Crippen LogP contribution in [0, 0.1) is 5.41 Å². The minimum Gasteiger partial charge on any atom is -0.394 e. The van der Waals surface area contributed by atoms with Crippen molar-refractivity contribution in [3.8, 4) is 0 Å². The number of amides is 3. The molecule has 0 aromatic heterocycles. The summed E-state index contributed by atoms with van der Waals surface area (Å²) < 4.78 is 0. The zero-order valence-electron chi connectivity index (χ0n) is 21.3. The van der Waals surface area contributed by atoms with Crippen molar-refractivity contribution < 1.29 is 19.5 Å². The van der Waals surface area contributed by atoms with Gasteiger partial charge in [-0.15, -0.1) is 0 Å². The largest absolute Gasteiger partial charge is 0.394 e. The summed E-state index contributed by atoms with van der Waals surface area (Å²) in [6, 6.07) is 13.6. The van der Waals surface area contributed by atoms with E-state index < -0.39 is 41.8 Å². The Morgan fingerprint density at radius 3 is 2.13 bits per heavy atom. The number of hydrogen-bond donors (Lipinski definition) is 8. The number of aliphatic hydroxyl groups is 1. The molecule has 0 bridgehead atoms. The highest BCUT2D eigenvalue weighted by Crippen LogP contribution is 2.29. The Morgan fingerprint density at radius 2 is 1.61 bits per heavy atom. The first kappa shape index (κ1) is 29.8. The number of rotatable bonds is 14. The first-order valence-corrected chi connectivity index (χ1v) is 12.0. The highest BCUT2D eigenvalue weighted by molar-refractivity contribution is 5.96. The Labute approximate surface area is 221 Å². The van der Waals surface area contributed by atoms with E-state index in [1.165, 1.54) is 0 Å². The maximum Gasteiger partial charge on any atom is 0.245 e. The highest BCUT2D eigenvalue weighted by Gasteiger charge is 2.38. The second-order valence-corrected chi connectivity index (χ2v) is 9.11. The fourth-order valence-electron chi connectivity index (χ4n) is 3.90. The Hall–Kier alpha value is -4.45. The third kappa shape index (κ3) is 8.30. The van der Waals surface area contributed by atoms with Crippen LogP contribution in [0.2, 0.25) is 0 Å². The monoisotopic (exact) mass is 524 g/mol. The lowest BCUT2D eigenvalue weighted by Crippen LogP contribution is -2.57. The Balaban J connectivity index is 2.21. The molecule has 0 aliphatic rings. The molecule has 0 fully saturated rings. The fourth-order valence-corrected chi connectivity index (χ4v) is 3.90. The van der Waals surface area contributed by atoms with Gasteiger partial charge >= 0.3 is 0 Å². The molecule has 204 valence electrons. The number of nitrogens with one attached hydrogen (secondary N) is 3. The van der Waals surface area contributed by atoms with Gasteiger partial charge in [0.15, 0.2) is 5.96 Å². The number of nitrogens with two attached hydrogens (primary N) is 4. The predicted molar refractivity (Wildman–Crippen MR) is 145 cm³/mol. The topological polar surface area (TPSA) is 236 Å².